The topological polar surface area (TPSA) is 29.3 Å². The van der Waals surface area contributed by atoms with E-state index in [9.17, 15) is 0 Å². The minimum atomic E-state index is 0.355. The standard InChI is InChI=1S/C16H26N2/c1-4-14-8-16(17)11-18(9-14)10-15-7-12(2)5-6-13(15)3/h5-7,14,16H,4,8-11,17H2,1-3H3. The molecule has 1 fully saturated rings. The molecule has 0 saturated carbocycles. The van der Waals surface area contributed by atoms with Gasteiger partial charge in [-0.1, -0.05) is 37.1 Å². The molecule has 1 aromatic rings. The Bertz CT molecular complexity index is 400. The second-order valence-electron chi connectivity index (χ2n) is 5.89. The van der Waals surface area contributed by atoms with Gasteiger partial charge in [0.05, 0.1) is 0 Å². The summed E-state index contributed by atoms with van der Waals surface area (Å²) in [5.41, 5.74) is 10.4. The first-order valence-corrected chi connectivity index (χ1v) is 7.12. The van der Waals surface area contributed by atoms with E-state index < -0.39 is 0 Å². The molecule has 0 bridgehead atoms. The van der Waals surface area contributed by atoms with Crippen LogP contribution in [0.2, 0.25) is 0 Å². The highest BCUT2D eigenvalue weighted by atomic mass is 15.1. The summed E-state index contributed by atoms with van der Waals surface area (Å²) in [7, 11) is 0. The lowest BCUT2D eigenvalue weighted by Crippen LogP contribution is -2.46. The van der Waals surface area contributed by atoms with Gasteiger partial charge in [0, 0.05) is 25.7 Å². The molecule has 2 N–H and O–H groups in total. The fourth-order valence-electron chi connectivity index (χ4n) is 2.98. The number of piperidine rings is 1. The summed E-state index contributed by atoms with van der Waals surface area (Å²) in [6.45, 7) is 9.95. The molecule has 18 heavy (non-hydrogen) atoms. The molecule has 1 aliphatic rings. The van der Waals surface area contributed by atoms with Crippen molar-refractivity contribution in [3.63, 3.8) is 0 Å². The lowest BCUT2D eigenvalue weighted by atomic mass is 9.92. The van der Waals surface area contributed by atoms with Crippen molar-refractivity contribution in [2.24, 2.45) is 11.7 Å². The van der Waals surface area contributed by atoms with Crippen LogP contribution in [0.15, 0.2) is 18.2 Å². The van der Waals surface area contributed by atoms with Gasteiger partial charge in [0.25, 0.3) is 0 Å². The normalized spacial score (nSPS) is 25.3. The number of hydrogen-bond donors (Lipinski definition) is 1. The second-order valence-corrected chi connectivity index (χ2v) is 5.89. The van der Waals surface area contributed by atoms with Crippen molar-refractivity contribution in [3.8, 4) is 0 Å². The minimum Gasteiger partial charge on any atom is -0.327 e. The number of likely N-dealkylation sites (tertiary alicyclic amines) is 1. The Kier molecular flexibility index (Phi) is 4.41. The smallest absolute Gasteiger partial charge is 0.0237 e. The molecule has 0 aromatic heterocycles. The number of nitrogens with two attached hydrogens (primary N) is 1. The molecule has 0 aliphatic carbocycles. The summed E-state index contributed by atoms with van der Waals surface area (Å²) in [4.78, 5) is 2.53. The average Bonchev–Trinajstić information content (AvgIpc) is 2.33. The van der Waals surface area contributed by atoms with Crippen molar-refractivity contribution in [1.82, 2.24) is 4.90 Å². The third-order valence-electron chi connectivity index (χ3n) is 4.12. The van der Waals surface area contributed by atoms with Crippen LogP contribution in [0.25, 0.3) is 0 Å². The molecule has 1 aliphatic heterocycles. The van der Waals surface area contributed by atoms with E-state index in [1.165, 1.54) is 36.1 Å². The van der Waals surface area contributed by atoms with Crippen molar-refractivity contribution < 1.29 is 0 Å². The van der Waals surface area contributed by atoms with Gasteiger partial charge in [0.1, 0.15) is 0 Å². The summed E-state index contributed by atoms with van der Waals surface area (Å²) in [6, 6.07) is 7.09. The van der Waals surface area contributed by atoms with Crippen LogP contribution < -0.4 is 5.73 Å². The van der Waals surface area contributed by atoms with Gasteiger partial charge in [-0.05, 0) is 37.3 Å². The zero-order chi connectivity index (χ0) is 13.1. The van der Waals surface area contributed by atoms with Crippen molar-refractivity contribution in [2.75, 3.05) is 13.1 Å². The van der Waals surface area contributed by atoms with Crippen LogP contribution >= 0.6 is 0 Å². The second kappa shape index (κ2) is 5.85. The van der Waals surface area contributed by atoms with E-state index in [2.05, 4.69) is 43.9 Å². The quantitative estimate of drug-likeness (QED) is 0.888. The summed E-state index contributed by atoms with van der Waals surface area (Å²) in [6.07, 6.45) is 2.44. The van der Waals surface area contributed by atoms with E-state index in [0.29, 0.717) is 6.04 Å². The molecule has 0 amide bonds. The molecule has 2 rings (SSSR count). The number of nitrogens with zero attached hydrogens (tertiary/aromatic N) is 1. The highest BCUT2D eigenvalue weighted by molar-refractivity contribution is 5.30. The summed E-state index contributed by atoms with van der Waals surface area (Å²) >= 11 is 0. The van der Waals surface area contributed by atoms with E-state index in [4.69, 9.17) is 5.73 Å². The molecular formula is C16H26N2. The molecule has 2 heteroatoms. The number of rotatable bonds is 3. The number of benzene rings is 1. The van der Waals surface area contributed by atoms with E-state index in [-0.39, 0.29) is 0 Å². The first-order chi connectivity index (χ1) is 8.58. The third-order valence-corrected chi connectivity index (χ3v) is 4.12. The summed E-state index contributed by atoms with van der Waals surface area (Å²) in [5.74, 6) is 0.777. The SMILES string of the molecule is CCC1CC(N)CN(Cc2cc(C)ccc2C)C1. The van der Waals surface area contributed by atoms with E-state index in [1.54, 1.807) is 0 Å². The number of hydrogen-bond acceptors (Lipinski definition) is 2. The summed E-state index contributed by atoms with van der Waals surface area (Å²) < 4.78 is 0. The van der Waals surface area contributed by atoms with Gasteiger partial charge in [0.15, 0.2) is 0 Å². The van der Waals surface area contributed by atoms with Gasteiger partial charge in [-0.2, -0.15) is 0 Å². The van der Waals surface area contributed by atoms with Crippen LogP contribution in [0.5, 0.6) is 0 Å². The van der Waals surface area contributed by atoms with Gasteiger partial charge >= 0.3 is 0 Å². The molecular weight excluding hydrogens is 220 g/mol. The Hall–Kier alpha value is -0.860. The largest absolute Gasteiger partial charge is 0.327 e. The highest BCUT2D eigenvalue weighted by Gasteiger charge is 2.24. The van der Waals surface area contributed by atoms with Gasteiger partial charge < -0.3 is 5.73 Å². The first kappa shape index (κ1) is 13.6. The molecule has 2 unspecified atom stereocenters. The van der Waals surface area contributed by atoms with Crippen LogP contribution in [0.4, 0.5) is 0 Å². The molecule has 2 atom stereocenters. The van der Waals surface area contributed by atoms with Crippen LogP contribution in [0.3, 0.4) is 0 Å². The molecule has 0 radical (unpaired) electrons. The third kappa shape index (κ3) is 3.33. The number of aryl methyl sites for hydroxylation is 2. The Morgan fingerprint density at radius 2 is 2.06 bits per heavy atom. The molecule has 100 valence electrons. The Morgan fingerprint density at radius 3 is 2.78 bits per heavy atom. The van der Waals surface area contributed by atoms with Crippen molar-refractivity contribution in [3.05, 3.63) is 34.9 Å². The fraction of sp³-hybridized carbons (Fsp3) is 0.625. The maximum absolute atomic E-state index is 6.17. The van der Waals surface area contributed by atoms with Crippen LogP contribution in [-0.2, 0) is 6.54 Å². The van der Waals surface area contributed by atoms with Crippen LogP contribution in [0.1, 0.15) is 36.5 Å². The molecule has 1 saturated heterocycles. The first-order valence-electron chi connectivity index (χ1n) is 7.12. The lowest BCUT2D eigenvalue weighted by molar-refractivity contribution is 0.147. The van der Waals surface area contributed by atoms with Crippen molar-refractivity contribution in [1.29, 1.82) is 0 Å². The predicted octanol–water partition coefficient (Wildman–Crippen LogP) is 2.86. The Morgan fingerprint density at radius 1 is 1.28 bits per heavy atom. The zero-order valence-corrected chi connectivity index (χ0v) is 11.9. The van der Waals surface area contributed by atoms with Gasteiger partial charge in [0.2, 0.25) is 0 Å². The van der Waals surface area contributed by atoms with Crippen LogP contribution in [-0.4, -0.2) is 24.0 Å². The summed E-state index contributed by atoms with van der Waals surface area (Å²) in [5, 5.41) is 0. The van der Waals surface area contributed by atoms with Crippen molar-refractivity contribution >= 4 is 0 Å². The Labute approximate surface area is 111 Å². The van der Waals surface area contributed by atoms with Gasteiger partial charge in [-0.15, -0.1) is 0 Å². The lowest BCUT2D eigenvalue weighted by Gasteiger charge is -2.36. The highest BCUT2D eigenvalue weighted by Crippen LogP contribution is 2.21. The monoisotopic (exact) mass is 246 g/mol. The maximum Gasteiger partial charge on any atom is 0.0237 e. The van der Waals surface area contributed by atoms with E-state index in [0.717, 1.165) is 19.0 Å². The molecule has 2 nitrogen and oxygen atoms in total. The zero-order valence-electron chi connectivity index (χ0n) is 11.9. The molecule has 1 aromatic carbocycles. The minimum absolute atomic E-state index is 0.355. The van der Waals surface area contributed by atoms with Crippen LogP contribution in [0, 0.1) is 19.8 Å². The average molecular weight is 246 g/mol. The Balaban J connectivity index is 2.06. The predicted molar refractivity (Wildman–Crippen MR) is 77.6 cm³/mol. The van der Waals surface area contributed by atoms with Crippen molar-refractivity contribution in [2.45, 2.75) is 46.2 Å². The van der Waals surface area contributed by atoms with E-state index >= 15 is 0 Å². The van der Waals surface area contributed by atoms with Gasteiger partial charge in [-0.25, -0.2) is 0 Å². The van der Waals surface area contributed by atoms with E-state index in [1.807, 2.05) is 0 Å². The maximum atomic E-state index is 6.17. The molecule has 1 heterocycles. The molecule has 0 spiro atoms. The fourth-order valence-corrected chi connectivity index (χ4v) is 2.98. The van der Waals surface area contributed by atoms with Gasteiger partial charge in [-0.3, -0.25) is 4.90 Å².